The molecule has 5 heteroatoms. The van der Waals surface area contributed by atoms with Gasteiger partial charge in [-0.2, -0.15) is 5.26 Å². The second-order valence-electron chi connectivity index (χ2n) is 5.36. The number of hydrogen-bond donors (Lipinski definition) is 1. The summed E-state index contributed by atoms with van der Waals surface area (Å²) >= 11 is 0. The van der Waals surface area contributed by atoms with Gasteiger partial charge in [-0.1, -0.05) is 37.3 Å². The average molecular weight is 324 g/mol. The van der Waals surface area contributed by atoms with E-state index in [9.17, 15) is 10.1 Å². The molecule has 0 aliphatic carbocycles. The van der Waals surface area contributed by atoms with Crippen LogP contribution >= 0.6 is 0 Å². The Labute approximate surface area is 141 Å². The van der Waals surface area contributed by atoms with Crippen LogP contribution in [0.5, 0.6) is 11.5 Å². The van der Waals surface area contributed by atoms with Crippen LogP contribution in [0.25, 0.3) is 0 Å². The maximum Gasteiger partial charge on any atom is 0.409 e. The van der Waals surface area contributed by atoms with Crippen LogP contribution in [0.3, 0.4) is 0 Å². The summed E-state index contributed by atoms with van der Waals surface area (Å²) in [6.45, 7) is 3.83. The lowest BCUT2D eigenvalue weighted by Crippen LogP contribution is -2.33. The largest absolute Gasteiger partial charge is 0.457 e. The first-order valence-electron chi connectivity index (χ1n) is 7.82. The molecule has 5 nitrogen and oxygen atoms in total. The number of amides is 1. The lowest BCUT2D eigenvalue weighted by molar-refractivity contribution is 0.119. The van der Waals surface area contributed by atoms with E-state index in [2.05, 4.69) is 5.32 Å². The molecule has 2 atom stereocenters. The van der Waals surface area contributed by atoms with E-state index in [1.54, 1.807) is 24.3 Å². The molecule has 0 aliphatic rings. The summed E-state index contributed by atoms with van der Waals surface area (Å²) < 4.78 is 10.9. The quantitative estimate of drug-likeness (QED) is 0.845. The van der Waals surface area contributed by atoms with Crippen LogP contribution in [-0.4, -0.2) is 12.1 Å². The number of para-hydroxylation sites is 1. The fraction of sp³-hybridized carbons (Fsp3) is 0.263. The molecule has 2 unspecified atom stereocenters. The van der Waals surface area contributed by atoms with Crippen molar-refractivity contribution in [1.29, 1.82) is 5.26 Å². The highest BCUT2D eigenvalue weighted by Gasteiger charge is 2.17. The zero-order valence-corrected chi connectivity index (χ0v) is 13.7. The number of rotatable bonds is 6. The number of nitriles is 1. The molecule has 0 fully saturated rings. The molecule has 0 heterocycles. The summed E-state index contributed by atoms with van der Waals surface area (Å²) in [5.41, 5.74) is 0.560. The first-order chi connectivity index (χ1) is 11.6. The van der Waals surface area contributed by atoms with E-state index in [0.717, 1.165) is 6.42 Å². The van der Waals surface area contributed by atoms with Crippen LogP contribution in [0.4, 0.5) is 4.79 Å². The maximum atomic E-state index is 11.8. The number of hydrogen-bond acceptors (Lipinski definition) is 4. The molecule has 1 N–H and O–H groups in total. The number of nitrogens with one attached hydrogen (secondary N) is 1. The van der Waals surface area contributed by atoms with E-state index in [0.29, 0.717) is 17.1 Å². The monoisotopic (exact) mass is 324 g/mol. The molecule has 2 aromatic rings. The van der Waals surface area contributed by atoms with Gasteiger partial charge in [0.2, 0.25) is 6.10 Å². The van der Waals surface area contributed by atoms with Gasteiger partial charge < -0.3 is 14.8 Å². The molecule has 2 aromatic carbocycles. The number of alkyl carbamates (subject to hydrolysis) is 1. The highest BCUT2D eigenvalue weighted by molar-refractivity contribution is 5.68. The summed E-state index contributed by atoms with van der Waals surface area (Å²) in [5.74, 6) is 1.27. The summed E-state index contributed by atoms with van der Waals surface area (Å²) in [6, 6.07) is 18.3. The molecule has 0 aromatic heterocycles. The van der Waals surface area contributed by atoms with Crippen molar-refractivity contribution in [2.45, 2.75) is 32.4 Å². The van der Waals surface area contributed by atoms with Gasteiger partial charge in [0.1, 0.15) is 17.6 Å². The third-order valence-electron chi connectivity index (χ3n) is 3.46. The minimum atomic E-state index is -0.992. The second kappa shape index (κ2) is 8.59. The normalized spacial score (nSPS) is 12.5. The van der Waals surface area contributed by atoms with E-state index < -0.39 is 12.2 Å². The van der Waals surface area contributed by atoms with E-state index in [4.69, 9.17) is 9.47 Å². The van der Waals surface area contributed by atoms with Gasteiger partial charge in [-0.15, -0.1) is 0 Å². The van der Waals surface area contributed by atoms with Crippen molar-refractivity contribution in [2.75, 3.05) is 0 Å². The number of ether oxygens (including phenoxy) is 2. The van der Waals surface area contributed by atoms with Crippen LogP contribution < -0.4 is 10.1 Å². The Bertz CT molecular complexity index is 710. The van der Waals surface area contributed by atoms with E-state index in [1.165, 1.54) is 0 Å². The third kappa shape index (κ3) is 5.03. The standard InChI is InChI=1S/C19H20N2O3/c1-3-14(2)21-19(22)24-18(13-20)15-8-7-11-17(12-15)23-16-9-5-4-6-10-16/h4-12,14,18H,3H2,1-2H3,(H,21,22). The molecule has 1 amide bonds. The Balaban J connectivity index is 2.08. The number of carbonyl (C=O) groups excluding carboxylic acids is 1. The van der Waals surface area contributed by atoms with Crippen LogP contribution in [0.2, 0.25) is 0 Å². The van der Waals surface area contributed by atoms with Gasteiger partial charge in [0.05, 0.1) is 0 Å². The zero-order chi connectivity index (χ0) is 17.4. The first-order valence-corrected chi connectivity index (χ1v) is 7.82. The van der Waals surface area contributed by atoms with Crippen molar-refractivity contribution in [3.63, 3.8) is 0 Å². The van der Waals surface area contributed by atoms with E-state index in [1.807, 2.05) is 50.2 Å². The fourth-order valence-electron chi connectivity index (χ4n) is 1.98. The van der Waals surface area contributed by atoms with Gasteiger partial charge in [0, 0.05) is 11.6 Å². The molecule has 124 valence electrons. The molecule has 0 saturated heterocycles. The van der Waals surface area contributed by atoms with Crippen molar-refractivity contribution in [2.24, 2.45) is 0 Å². The van der Waals surface area contributed by atoms with Crippen LogP contribution in [0, 0.1) is 11.3 Å². The zero-order valence-electron chi connectivity index (χ0n) is 13.7. The number of carbonyl (C=O) groups is 1. The van der Waals surface area contributed by atoms with Gasteiger partial charge in [-0.3, -0.25) is 0 Å². The van der Waals surface area contributed by atoms with Gasteiger partial charge in [-0.05, 0) is 37.6 Å². The second-order valence-corrected chi connectivity index (χ2v) is 5.36. The Hall–Kier alpha value is -3.00. The molecule has 0 aliphatic heterocycles. The maximum absolute atomic E-state index is 11.8. The summed E-state index contributed by atoms with van der Waals surface area (Å²) in [7, 11) is 0. The first kappa shape index (κ1) is 17.4. The average Bonchev–Trinajstić information content (AvgIpc) is 2.60. The predicted octanol–water partition coefficient (Wildman–Crippen LogP) is 4.57. The summed E-state index contributed by atoms with van der Waals surface area (Å²) in [4.78, 5) is 11.8. The van der Waals surface area contributed by atoms with Crippen LogP contribution in [0.1, 0.15) is 31.9 Å². The lowest BCUT2D eigenvalue weighted by Gasteiger charge is -2.16. The molecule has 0 saturated carbocycles. The molecule has 24 heavy (non-hydrogen) atoms. The molecule has 0 spiro atoms. The SMILES string of the molecule is CCC(C)NC(=O)OC(C#N)c1cccc(Oc2ccccc2)c1. The Morgan fingerprint density at radius 3 is 2.54 bits per heavy atom. The smallest absolute Gasteiger partial charge is 0.409 e. The van der Waals surface area contributed by atoms with Gasteiger partial charge in [0.25, 0.3) is 0 Å². The Morgan fingerprint density at radius 2 is 1.88 bits per heavy atom. The summed E-state index contributed by atoms with van der Waals surface area (Å²) in [5, 5.41) is 12.0. The van der Waals surface area contributed by atoms with E-state index in [-0.39, 0.29) is 6.04 Å². The van der Waals surface area contributed by atoms with E-state index >= 15 is 0 Å². The van der Waals surface area contributed by atoms with Crippen molar-refractivity contribution < 1.29 is 14.3 Å². The molecule has 2 rings (SSSR count). The minimum absolute atomic E-state index is 0.00964. The highest BCUT2D eigenvalue weighted by Crippen LogP contribution is 2.25. The van der Waals surface area contributed by atoms with Gasteiger partial charge in [0.15, 0.2) is 0 Å². The molecule has 0 radical (unpaired) electrons. The predicted molar refractivity (Wildman–Crippen MR) is 90.7 cm³/mol. The minimum Gasteiger partial charge on any atom is -0.457 e. The third-order valence-corrected chi connectivity index (χ3v) is 3.46. The van der Waals surface area contributed by atoms with Gasteiger partial charge in [-0.25, -0.2) is 4.79 Å². The number of nitrogens with zero attached hydrogens (tertiary/aromatic N) is 1. The van der Waals surface area contributed by atoms with Crippen molar-refractivity contribution in [3.8, 4) is 17.6 Å². The Kier molecular flexibility index (Phi) is 6.21. The molecular formula is C19H20N2O3. The molecular weight excluding hydrogens is 304 g/mol. The van der Waals surface area contributed by atoms with Gasteiger partial charge >= 0.3 is 6.09 Å². The topological polar surface area (TPSA) is 71.3 Å². The van der Waals surface area contributed by atoms with Crippen molar-refractivity contribution in [3.05, 3.63) is 60.2 Å². The fourth-order valence-corrected chi connectivity index (χ4v) is 1.98. The summed E-state index contributed by atoms with van der Waals surface area (Å²) in [6.07, 6.45) is -0.814. The number of benzene rings is 2. The van der Waals surface area contributed by atoms with Crippen LogP contribution in [-0.2, 0) is 4.74 Å². The van der Waals surface area contributed by atoms with Crippen molar-refractivity contribution >= 4 is 6.09 Å². The van der Waals surface area contributed by atoms with Crippen molar-refractivity contribution in [1.82, 2.24) is 5.32 Å². The molecule has 0 bridgehead atoms. The lowest BCUT2D eigenvalue weighted by atomic mass is 10.1. The Morgan fingerprint density at radius 1 is 1.17 bits per heavy atom. The van der Waals surface area contributed by atoms with Crippen LogP contribution in [0.15, 0.2) is 54.6 Å². The highest BCUT2D eigenvalue weighted by atomic mass is 16.6.